The van der Waals surface area contributed by atoms with Crippen molar-refractivity contribution in [2.24, 2.45) is 0 Å². The summed E-state index contributed by atoms with van der Waals surface area (Å²) in [5.41, 5.74) is 6.30. The SMILES string of the molecule is COC(=O)c1nn(CCCN2CCCC2)cc1N. The molecule has 2 N–H and O–H groups in total. The standard InChI is InChI=1S/C12H20N4O2/c1-18-12(17)11-10(13)9-16(14-11)8-4-7-15-5-2-3-6-15/h9H,2-8,13H2,1H3. The van der Waals surface area contributed by atoms with E-state index in [-0.39, 0.29) is 5.69 Å². The van der Waals surface area contributed by atoms with E-state index in [1.807, 2.05) is 0 Å². The third-order valence-electron chi connectivity index (χ3n) is 3.23. The molecule has 1 aromatic rings. The molecule has 6 nitrogen and oxygen atoms in total. The monoisotopic (exact) mass is 252 g/mol. The van der Waals surface area contributed by atoms with Crippen molar-refractivity contribution >= 4 is 11.7 Å². The molecule has 0 unspecified atom stereocenters. The maximum atomic E-state index is 11.3. The smallest absolute Gasteiger partial charge is 0.360 e. The van der Waals surface area contributed by atoms with Crippen molar-refractivity contribution < 1.29 is 9.53 Å². The van der Waals surface area contributed by atoms with Gasteiger partial charge in [0.1, 0.15) is 0 Å². The number of nitrogen functional groups attached to an aromatic ring is 1. The number of esters is 1. The number of anilines is 1. The summed E-state index contributed by atoms with van der Waals surface area (Å²) in [6.07, 6.45) is 5.32. The second kappa shape index (κ2) is 5.86. The zero-order valence-corrected chi connectivity index (χ0v) is 10.8. The highest BCUT2D eigenvalue weighted by molar-refractivity contribution is 5.92. The van der Waals surface area contributed by atoms with Crippen molar-refractivity contribution in [1.29, 1.82) is 0 Å². The first-order chi connectivity index (χ1) is 8.70. The lowest BCUT2D eigenvalue weighted by atomic mass is 10.4. The average Bonchev–Trinajstić information content (AvgIpc) is 2.98. The fourth-order valence-corrected chi connectivity index (χ4v) is 2.27. The first-order valence-electron chi connectivity index (χ1n) is 6.34. The molecular weight excluding hydrogens is 232 g/mol. The summed E-state index contributed by atoms with van der Waals surface area (Å²) in [7, 11) is 1.33. The van der Waals surface area contributed by atoms with Crippen LogP contribution < -0.4 is 5.73 Å². The first kappa shape index (κ1) is 12.9. The highest BCUT2D eigenvalue weighted by atomic mass is 16.5. The van der Waals surface area contributed by atoms with E-state index in [1.165, 1.54) is 33.0 Å². The third kappa shape index (κ3) is 3.01. The van der Waals surface area contributed by atoms with Crippen molar-refractivity contribution in [1.82, 2.24) is 14.7 Å². The molecular formula is C12H20N4O2. The van der Waals surface area contributed by atoms with Gasteiger partial charge in [-0.1, -0.05) is 0 Å². The topological polar surface area (TPSA) is 73.4 Å². The summed E-state index contributed by atoms with van der Waals surface area (Å²) < 4.78 is 6.33. The Hall–Kier alpha value is -1.56. The number of ether oxygens (including phenoxy) is 1. The van der Waals surface area contributed by atoms with Crippen LogP contribution in [-0.2, 0) is 11.3 Å². The Morgan fingerprint density at radius 2 is 2.17 bits per heavy atom. The van der Waals surface area contributed by atoms with Gasteiger partial charge < -0.3 is 15.4 Å². The number of aryl methyl sites for hydroxylation is 1. The largest absolute Gasteiger partial charge is 0.464 e. The molecule has 1 aromatic heterocycles. The molecule has 0 saturated carbocycles. The third-order valence-corrected chi connectivity index (χ3v) is 3.23. The molecule has 0 aliphatic carbocycles. The average molecular weight is 252 g/mol. The van der Waals surface area contributed by atoms with Crippen LogP contribution in [0, 0.1) is 0 Å². The Labute approximate surface area is 107 Å². The molecule has 0 spiro atoms. The number of nitrogens with two attached hydrogens (primary N) is 1. The van der Waals surface area contributed by atoms with Gasteiger partial charge in [-0.3, -0.25) is 4.68 Å². The highest BCUT2D eigenvalue weighted by Gasteiger charge is 2.15. The number of carbonyl (C=O) groups is 1. The van der Waals surface area contributed by atoms with Gasteiger partial charge in [-0.2, -0.15) is 5.10 Å². The minimum Gasteiger partial charge on any atom is -0.464 e. The number of rotatable bonds is 5. The molecule has 6 heteroatoms. The molecule has 2 rings (SSSR count). The van der Waals surface area contributed by atoms with Crippen LogP contribution in [0.2, 0.25) is 0 Å². The lowest BCUT2D eigenvalue weighted by molar-refractivity contribution is 0.0594. The van der Waals surface area contributed by atoms with E-state index in [9.17, 15) is 4.79 Å². The molecule has 1 aliphatic heterocycles. The molecule has 1 aliphatic rings. The van der Waals surface area contributed by atoms with Crippen molar-refractivity contribution in [2.45, 2.75) is 25.8 Å². The number of hydrogen-bond donors (Lipinski definition) is 1. The van der Waals surface area contributed by atoms with Gasteiger partial charge in [0.05, 0.1) is 12.8 Å². The Morgan fingerprint density at radius 3 is 2.83 bits per heavy atom. The summed E-state index contributed by atoms with van der Waals surface area (Å²) in [6.45, 7) is 4.26. The Balaban J connectivity index is 1.83. The van der Waals surface area contributed by atoms with Gasteiger partial charge in [-0.15, -0.1) is 0 Å². The Bertz CT molecular complexity index is 410. The van der Waals surface area contributed by atoms with Crippen LogP contribution in [0.5, 0.6) is 0 Å². The molecule has 0 aromatic carbocycles. The molecule has 1 saturated heterocycles. The highest BCUT2D eigenvalue weighted by Crippen LogP contribution is 2.11. The number of methoxy groups -OCH3 is 1. The molecule has 0 atom stereocenters. The lowest BCUT2D eigenvalue weighted by Gasteiger charge is -2.13. The summed E-state index contributed by atoms with van der Waals surface area (Å²) in [4.78, 5) is 13.8. The van der Waals surface area contributed by atoms with E-state index in [1.54, 1.807) is 10.9 Å². The van der Waals surface area contributed by atoms with Gasteiger partial charge in [-0.05, 0) is 38.9 Å². The van der Waals surface area contributed by atoms with Gasteiger partial charge >= 0.3 is 5.97 Å². The minimum atomic E-state index is -0.481. The van der Waals surface area contributed by atoms with Crippen molar-refractivity contribution in [2.75, 3.05) is 32.5 Å². The zero-order chi connectivity index (χ0) is 13.0. The predicted molar refractivity (Wildman–Crippen MR) is 68.3 cm³/mol. The van der Waals surface area contributed by atoms with Crippen LogP contribution in [0.4, 0.5) is 5.69 Å². The van der Waals surface area contributed by atoms with E-state index in [0.717, 1.165) is 19.5 Å². The van der Waals surface area contributed by atoms with Gasteiger partial charge in [0.2, 0.25) is 0 Å². The summed E-state index contributed by atoms with van der Waals surface area (Å²) in [5.74, 6) is -0.481. The Morgan fingerprint density at radius 1 is 1.44 bits per heavy atom. The summed E-state index contributed by atoms with van der Waals surface area (Å²) >= 11 is 0. The molecule has 2 heterocycles. The molecule has 18 heavy (non-hydrogen) atoms. The quantitative estimate of drug-likeness (QED) is 0.782. The van der Waals surface area contributed by atoms with Crippen LogP contribution in [0.15, 0.2) is 6.20 Å². The number of aromatic nitrogens is 2. The molecule has 0 bridgehead atoms. The summed E-state index contributed by atoms with van der Waals surface area (Å²) in [5, 5.41) is 4.14. The fraction of sp³-hybridized carbons (Fsp3) is 0.667. The number of hydrogen-bond acceptors (Lipinski definition) is 5. The van der Waals surface area contributed by atoms with Crippen molar-refractivity contribution in [3.05, 3.63) is 11.9 Å². The first-order valence-corrected chi connectivity index (χ1v) is 6.34. The van der Waals surface area contributed by atoms with Crippen LogP contribution in [0.1, 0.15) is 29.8 Å². The second-order valence-corrected chi connectivity index (χ2v) is 4.59. The van der Waals surface area contributed by atoms with Crippen LogP contribution in [0.3, 0.4) is 0 Å². The van der Waals surface area contributed by atoms with Gasteiger partial charge in [0.25, 0.3) is 0 Å². The second-order valence-electron chi connectivity index (χ2n) is 4.59. The number of nitrogens with zero attached hydrogens (tertiary/aromatic N) is 3. The fourth-order valence-electron chi connectivity index (χ4n) is 2.27. The molecule has 100 valence electrons. The minimum absolute atomic E-state index is 0.207. The van der Waals surface area contributed by atoms with E-state index in [4.69, 9.17) is 5.73 Å². The predicted octanol–water partition coefficient (Wildman–Crippen LogP) is 0.738. The van der Waals surface area contributed by atoms with Crippen LogP contribution in [-0.4, -0.2) is 47.4 Å². The maximum absolute atomic E-state index is 11.3. The summed E-state index contributed by atoms with van der Waals surface area (Å²) in [6, 6.07) is 0. The van der Waals surface area contributed by atoms with Crippen LogP contribution in [0.25, 0.3) is 0 Å². The molecule has 0 radical (unpaired) electrons. The number of likely N-dealkylation sites (tertiary alicyclic amines) is 1. The van der Waals surface area contributed by atoms with Gasteiger partial charge in [0.15, 0.2) is 5.69 Å². The zero-order valence-electron chi connectivity index (χ0n) is 10.8. The van der Waals surface area contributed by atoms with E-state index in [0.29, 0.717) is 5.69 Å². The maximum Gasteiger partial charge on any atom is 0.360 e. The molecule has 1 fully saturated rings. The normalized spacial score (nSPS) is 16.1. The van der Waals surface area contributed by atoms with E-state index < -0.39 is 5.97 Å². The van der Waals surface area contributed by atoms with Crippen molar-refractivity contribution in [3.63, 3.8) is 0 Å². The van der Waals surface area contributed by atoms with Crippen LogP contribution >= 0.6 is 0 Å². The van der Waals surface area contributed by atoms with E-state index in [2.05, 4.69) is 14.7 Å². The van der Waals surface area contributed by atoms with E-state index >= 15 is 0 Å². The van der Waals surface area contributed by atoms with Crippen molar-refractivity contribution in [3.8, 4) is 0 Å². The Kier molecular flexibility index (Phi) is 4.19. The lowest BCUT2D eigenvalue weighted by Crippen LogP contribution is -2.21. The molecule has 0 amide bonds. The van der Waals surface area contributed by atoms with Gasteiger partial charge in [0, 0.05) is 12.7 Å². The number of carbonyl (C=O) groups excluding carboxylic acids is 1. The van der Waals surface area contributed by atoms with Gasteiger partial charge in [-0.25, -0.2) is 4.79 Å².